The predicted octanol–water partition coefficient (Wildman–Crippen LogP) is 1.70. The van der Waals surface area contributed by atoms with Crippen LogP contribution in [0.5, 0.6) is 0 Å². The third-order valence-corrected chi connectivity index (χ3v) is 1.61. The molecule has 0 spiro atoms. The van der Waals surface area contributed by atoms with Gasteiger partial charge in [-0.15, -0.1) is 12.6 Å². The summed E-state index contributed by atoms with van der Waals surface area (Å²) >= 11 is 3.82. The molecular weight excluding hydrogens is 203 g/mol. The van der Waals surface area contributed by atoms with Crippen molar-refractivity contribution in [3.8, 4) is 0 Å². The third-order valence-electron chi connectivity index (χ3n) is 1.33. The van der Waals surface area contributed by atoms with E-state index in [4.69, 9.17) is 0 Å². The van der Waals surface area contributed by atoms with Crippen LogP contribution in [0, 0.1) is 0 Å². The molecule has 0 saturated carbocycles. The van der Waals surface area contributed by atoms with Crippen LogP contribution in [-0.2, 0) is 6.54 Å². The zero-order chi connectivity index (χ0) is 10.1. The molecule has 0 aromatic carbocycles. The Balaban J connectivity index is 2.98. The lowest BCUT2D eigenvalue weighted by atomic mass is 10.4. The molecule has 0 radical (unpaired) electrons. The van der Waals surface area contributed by atoms with Gasteiger partial charge in [0.2, 0.25) is 0 Å². The zero-order valence-corrected chi connectivity index (χ0v) is 7.27. The second-order valence-corrected chi connectivity index (χ2v) is 2.98. The van der Waals surface area contributed by atoms with E-state index < -0.39 is 18.3 Å². The van der Waals surface area contributed by atoms with Crippen molar-refractivity contribution in [2.45, 2.75) is 17.6 Å². The smallest absolute Gasteiger partial charge is 0.306 e. The molecule has 0 fully saturated rings. The summed E-state index contributed by atoms with van der Waals surface area (Å²) in [6.07, 6.45) is -3.31. The van der Waals surface area contributed by atoms with Crippen molar-refractivity contribution in [3.63, 3.8) is 0 Å². The third kappa shape index (κ3) is 3.14. The van der Waals surface area contributed by atoms with Crippen molar-refractivity contribution < 1.29 is 13.2 Å². The summed E-state index contributed by atoms with van der Waals surface area (Å²) in [6, 6.07) is 2.37. The molecule has 0 atom stereocenters. The van der Waals surface area contributed by atoms with Gasteiger partial charge in [0.15, 0.2) is 0 Å². The molecule has 6 heteroatoms. The number of aromatic nitrogens is 1. The van der Waals surface area contributed by atoms with Crippen LogP contribution in [0.15, 0.2) is 28.0 Å². The molecule has 0 amide bonds. The molecule has 2 nitrogen and oxygen atoms in total. The highest BCUT2D eigenvalue weighted by molar-refractivity contribution is 7.80. The van der Waals surface area contributed by atoms with Crippen LogP contribution in [0.25, 0.3) is 0 Å². The number of alkyl halides is 3. The minimum absolute atomic E-state index is 0.350. The van der Waals surface area contributed by atoms with Crippen LogP contribution >= 0.6 is 12.6 Å². The van der Waals surface area contributed by atoms with Crippen molar-refractivity contribution in [2.75, 3.05) is 0 Å². The van der Waals surface area contributed by atoms with E-state index in [1.807, 2.05) is 0 Å². The highest BCUT2D eigenvalue weighted by Gasteiger charge is 2.28. The normalized spacial score (nSPS) is 11.7. The molecule has 0 N–H and O–H groups in total. The number of hydrogen-bond donors (Lipinski definition) is 1. The second kappa shape index (κ2) is 3.45. The van der Waals surface area contributed by atoms with Crippen LogP contribution in [0.4, 0.5) is 13.2 Å². The largest absolute Gasteiger partial charge is 0.406 e. The first-order chi connectivity index (χ1) is 5.88. The fraction of sp³-hybridized carbons (Fsp3) is 0.286. The minimum Gasteiger partial charge on any atom is -0.306 e. The summed E-state index contributed by atoms with van der Waals surface area (Å²) in [6.45, 7) is -1.26. The van der Waals surface area contributed by atoms with Gasteiger partial charge in [0.1, 0.15) is 6.54 Å². The van der Waals surface area contributed by atoms with Gasteiger partial charge in [-0.1, -0.05) is 0 Å². The van der Waals surface area contributed by atoms with Gasteiger partial charge in [0.25, 0.3) is 5.56 Å². The number of rotatable bonds is 1. The molecule has 0 unspecified atom stereocenters. The second-order valence-electron chi connectivity index (χ2n) is 2.47. The summed E-state index contributed by atoms with van der Waals surface area (Å²) in [5, 5.41) is 0. The summed E-state index contributed by atoms with van der Waals surface area (Å²) < 4.78 is 36.1. The SMILES string of the molecule is O=c1cc(S)ccn1CC(F)(F)F. The van der Waals surface area contributed by atoms with Crippen LogP contribution in [-0.4, -0.2) is 10.7 Å². The highest BCUT2D eigenvalue weighted by Crippen LogP contribution is 2.16. The quantitative estimate of drug-likeness (QED) is 0.698. The van der Waals surface area contributed by atoms with Crippen molar-refractivity contribution in [1.82, 2.24) is 4.57 Å². The van der Waals surface area contributed by atoms with Crippen LogP contribution < -0.4 is 5.56 Å². The Hall–Kier alpha value is -0.910. The average Bonchev–Trinajstić information content (AvgIpc) is 1.93. The molecule has 0 aliphatic rings. The lowest BCUT2D eigenvalue weighted by Gasteiger charge is -2.08. The molecule has 13 heavy (non-hydrogen) atoms. The molecule has 72 valence electrons. The number of nitrogens with zero attached hydrogens (tertiary/aromatic N) is 1. The van der Waals surface area contributed by atoms with Gasteiger partial charge in [0, 0.05) is 17.2 Å². The van der Waals surface area contributed by atoms with E-state index in [9.17, 15) is 18.0 Å². The highest BCUT2D eigenvalue weighted by atomic mass is 32.1. The Labute approximate surface area is 77.4 Å². The maximum atomic E-state index is 11.8. The topological polar surface area (TPSA) is 22.0 Å². The van der Waals surface area contributed by atoms with E-state index in [2.05, 4.69) is 12.6 Å². The molecule has 1 aromatic rings. The summed E-state index contributed by atoms with van der Waals surface area (Å²) in [7, 11) is 0. The summed E-state index contributed by atoms with van der Waals surface area (Å²) in [4.78, 5) is 11.3. The van der Waals surface area contributed by atoms with E-state index in [1.165, 1.54) is 6.07 Å². The molecule has 1 rings (SSSR count). The van der Waals surface area contributed by atoms with Gasteiger partial charge in [-0.3, -0.25) is 4.79 Å². The Morgan fingerprint density at radius 3 is 2.54 bits per heavy atom. The molecule has 0 aliphatic heterocycles. The van der Waals surface area contributed by atoms with Gasteiger partial charge in [-0.05, 0) is 6.07 Å². The molecule has 0 bridgehead atoms. The Morgan fingerprint density at radius 2 is 2.08 bits per heavy atom. The van der Waals surface area contributed by atoms with Crippen molar-refractivity contribution in [3.05, 3.63) is 28.7 Å². The van der Waals surface area contributed by atoms with Crippen LogP contribution in [0.1, 0.15) is 0 Å². The average molecular weight is 209 g/mol. The van der Waals surface area contributed by atoms with E-state index in [0.717, 1.165) is 12.3 Å². The number of thiol groups is 1. The molecule has 0 aliphatic carbocycles. The first-order valence-electron chi connectivity index (χ1n) is 3.35. The van der Waals surface area contributed by atoms with E-state index in [-0.39, 0.29) is 0 Å². The maximum Gasteiger partial charge on any atom is 0.406 e. The van der Waals surface area contributed by atoms with Gasteiger partial charge in [-0.25, -0.2) is 0 Å². The Kier molecular flexibility index (Phi) is 2.70. The van der Waals surface area contributed by atoms with Crippen molar-refractivity contribution >= 4 is 12.6 Å². The lowest BCUT2D eigenvalue weighted by Crippen LogP contribution is -2.26. The van der Waals surface area contributed by atoms with Gasteiger partial charge in [-0.2, -0.15) is 13.2 Å². The fourth-order valence-electron chi connectivity index (χ4n) is 0.821. The summed E-state index contributed by atoms with van der Waals surface area (Å²) in [5.41, 5.74) is -0.704. The van der Waals surface area contributed by atoms with Crippen LogP contribution in [0.2, 0.25) is 0 Å². The lowest BCUT2D eigenvalue weighted by molar-refractivity contribution is -0.141. The molecular formula is C7H6F3NOS. The minimum atomic E-state index is -4.37. The van der Waals surface area contributed by atoms with Crippen molar-refractivity contribution in [2.24, 2.45) is 0 Å². The van der Waals surface area contributed by atoms with Crippen LogP contribution in [0.3, 0.4) is 0 Å². The predicted molar refractivity (Wildman–Crippen MR) is 44.0 cm³/mol. The number of hydrogen-bond acceptors (Lipinski definition) is 2. The zero-order valence-electron chi connectivity index (χ0n) is 6.38. The summed E-state index contributed by atoms with van der Waals surface area (Å²) in [5.74, 6) is 0. The standard InChI is InChI=1S/C7H6F3NOS/c8-7(9,10)4-11-2-1-5(13)3-6(11)12/h1-3,13H,4H2. The van der Waals surface area contributed by atoms with Gasteiger partial charge < -0.3 is 4.57 Å². The maximum absolute atomic E-state index is 11.8. The monoisotopic (exact) mass is 209 g/mol. The molecule has 1 heterocycles. The first-order valence-corrected chi connectivity index (χ1v) is 3.79. The Morgan fingerprint density at radius 1 is 1.46 bits per heavy atom. The molecule has 1 aromatic heterocycles. The first kappa shape index (κ1) is 10.2. The van der Waals surface area contributed by atoms with E-state index >= 15 is 0 Å². The fourth-order valence-corrected chi connectivity index (χ4v) is 0.998. The van der Waals surface area contributed by atoms with E-state index in [0.29, 0.717) is 9.46 Å². The molecule has 0 saturated heterocycles. The Bertz CT molecular complexity index is 357. The van der Waals surface area contributed by atoms with Crippen molar-refractivity contribution in [1.29, 1.82) is 0 Å². The van der Waals surface area contributed by atoms with Gasteiger partial charge in [0.05, 0.1) is 0 Å². The number of pyridine rings is 1. The van der Waals surface area contributed by atoms with E-state index in [1.54, 1.807) is 0 Å². The van der Waals surface area contributed by atoms with Gasteiger partial charge >= 0.3 is 6.18 Å². The number of halogens is 3.